The first kappa shape index (κ1) is 10.8. The van der Waals surface area contributed by atoms with Gasteiger partial charge in [0.25, 0.3) is 0 Å². The van der Waals surface area contributed by atoms with E-state index in [0.717, 1.165) is 27.9 Å². The van der Waals surface area contributed by atoms with E-state index in [1.807, 2.05) is 39.1 Å². The predicted octanol–water partition coefficient (Wildman–Crippen LogP) is 2.43. The number of anilines is 1. The van der Waals surface area contributed by atoms with Crippen LogP contribution >= 0.6 is 0 Å². The van der Waals surface area contributed by atoms with Gasteiger partial charge in [0.05, 0.1) is 5.69 Å². The number of aryl methyl sites for hydroxylation is 3. The minimum absolute atomic E-state index is 0.656. The molecule has 0 radical (unpaired) electrons. The van der Waals surface area contributed by atoms with Gasteiger partial charge in [-0.1, -0.05) is 6.07 Å². The van der Waals surface area contributed by atoms with Crippen molar-refractivity contribution in [2.45, 2.75) is 13.8 Å². The third-order valence-corrected chi connectivity index (χ3v) is 3.05. The molecule has 92 valence electrons. The summed E-state index contributed by atoms with van der Waals surface area (Å²) in [7, 11) is 1.84. The van der Waals surface area contributed by atoms with Crippen LogP contribution in [0.15, 0.2) is 22.6 Å². The molecule has 0 fully saturated rings. The van der Waals surface area contributed by atoms with Crippen molar-refractivity contribution in [3.05, 3.63) is 29.8 Å². The van der Waals surface area contributed by atoms with Crippen molar-refractivity contribution in [2.24, 2.45) is 7.05 Å². The highest BCUT2D eigenvalue weighted by molar-refractivity contribution is 5.84. The highest BCUT2D eigenvalue weighted by Gasteiger charge is 2.14. The van der Waals surface area contributed by atoms with E-state index < -0.39 is 0 Å². The lowest BCUT2D eigenvalue weighted by molar-refractivity contribution is 0.561. The number of nitrogens with zero attached hydrogens (tertiary/aromatic N) is 3. The molecule has 0 saturated heterocycles. The quantitative estimate of drug-likeness (QED) is 0.711. The summed E-state index contributed by atoms with van der Waals surface area (Å²) >= 11 is 0. The predicted molar refractivity (Wildman–Crippen MR) is 70.1 cm³/mol. The molecule has 5 heteroatoms. The number of benzene rings is 1. The van der Waals surface area contributed by atoms with Gasteiger partial charge in [0.1, 0.15) is 11.3 Å². The Morgan fingerprint density at radius 3 is 2.72 bits per heavy atom. The van der Waals surface area contributed by atoms with Crippen LogP contribution < -0.4 is 5.73 Å². The molecule has 0 spiro atoms. The van der Waals surface area contributed by atoms with Crippen LogP contribution in [0.5, 0.6) is 0 Å². The van der Waals surface area contributed by atoms with Gasteiger partial charge in [0.15, 0.2) is 11.5 Å². The molecular weight excluding hydrogens is 228 g/mol. The third kappa shape index (κ3) is 1.48. The summed E-state index contributed by atoms with van der Waals surface area (Å²) in [5.74, 6) is 1.32. The first-order valence-electron chi connectivity index (χ1n) is 5.73. The Labute approximate surface area is 104 Å². The molecule has 0 aliphatic heterocycles. The highest BCUT2D eigenvalue weighted by Crippen LogP contribution is 2.31. The molecule has 5 nitrogen and oxygen atoms in total. The number of hydrogen-bond acceptors (Lipinski definition) is 4. The number of rotatable bonds is 1. The molecular formula is C13H14N4O. The van der Waals surface area contributed by atoms with Gasteiger partial charge in [-0.15, -0.1) is 0 Å². The number of oxazole rings is 1. The SMILES string of the molecule is Cc1nc2ccc(-c3c(C)nn(C)c3N)cc2o1. The van der Waals surface area contributed by atoms with Crippen LogP contribution in [0, 0.1) is 13.8 Å². The van der Waals surface area contributed by atoms with Gasteiger partial charge in [-0.05, 0) is 24.6 Å². The Balaban J connectivity index is 2.24. The maximum Gasteiger partial charge on any atom is 0.192 e. The van der Waals surface area contributed by atoms with Crippen LogP contribution in [0.1, 0.15) is 11.6 Å². The van der Waals surface area contributed by atoms with Gasteiger partial charge in [-0.3, -0.25) is 4.68 Å². The van der Waals surface area contributed by atoms with E-state index in [-0.39, 0.29) is 0 Å². The van der Waals surface area contributed by atoms with E-state index in [0.29, 0.717) is 11.7 Å². The average molecular weight is 242 g/mol. The van der Waals surface area contributed by atoms with Crippen molar-refractivity contribution < 1.29 is 4.42 Å². The number of fused-ring (bicyclic) bond motifs is 1. The van der Waals surface area contributed by atoms with Gasteiger partial charge >= 0.3 is 0 Å². The Bertz CT molecular complexity index is 739. The molecule has 2 N–H and O–H groups in total. The van der Waals surface area contributed by atoms with Crippen LogP contribution in [-0.4, -0.2) is 14.8 Å². The van der Waals surface area contributed by atoms with Crippen molar-refractivity contribution >= 4 is 16.9 Å². The van der Waals surface area contributed by atoms with Crippen LogP contribution in [0.25, 0.3) is 22.2 Å². The Morgan fingerprint density at radius 1 is 1.28 bits per heavy atom. The van der Waals surface area contributed by atoms with E-state index in [1.54, 1.807) is 4.68 Å². The molecule has 0 amide bonds. The molecule has 3 rings (SSSR count). The van der Waals surface area contributed by atoms with Crippen molar-refractivity contribution in [3.63, 3.8) is 0 Å². The molecule has 2 aromatic heterocycles. The third-order valence-electron chi connectivity index (χ3n) is 3.05. The number of nitrogen functional groups attached to an aromatic ring is 1. The fourth-order valence-electron chi connectivity index (χ4n) is 2.23. The van der Waals surface area contributed by atoms with Crippen molar-refractivity contribution in [3.8, 4) is 11.1 Å². The summed E-state index contributed by atoms with van der Waals surface area (Å²) in [6.07, 6.45) is 0. The van der Waals surface area contributed by atoms with Crippen molar-refractivity contribution in [2.75, 3.05) is 5.73 Å². The molecule has 0 bridgehead atoms. The highest BCUT2D eigenvalue weighted by atomic mass is 16.3. The summed E-state index contributed by atoms with van der Waals surface area (Å²) in [6, 6.07) is 5.88. The molecule has 2 heterocycles. The van der Waals surface area contributed by atoms with E-state index in [9.17, 15) is 0 Å². The van der Waals surface area contributed by atoms with Gasteiger partial charge in [0, 0.05) is 19.5 Å². The van der Waals surface area contributed by atoms with Gasteiger partial charge < -0.3 is 10.2 Å². The molecule has 0 unspecified atom stereocenters. The average Bonchev–Trinajstić information content (AvgIpc) is 2.78. The first-order valence-corrected chi connectivity index (χ1v) is 5.73. The monoisotopic (exact) mass is 242 g/mol. The zero-order valence-corrected chi connectivity index (χ0v) is 10.6. The molecule has 0 aliphatic rings. The number of hydrogen-bond donors (Lipinski definition) is 1. The molecule has 0 saturated carbocycles. The Morgan fingerprint density at radius 2 is 2.06 bits per heavy atom. The van der Waals surface area contributed by atoms with E-state index in [4.69, 9.17) is 10.2 Å². The van der Waals surface area contributed by atoms with Crippen LogP contribution in [0.2, 0.25) is 0 Å². The maximum atomic E-state index is 6.04. The summed E-state index contributed by atoms with van der Waals surface area (Å²) < 4.78 is 7.22. The second-order valence-corrected chi connectivity index (χ2v) is 4.38. The first-order chi connectivity index (χ1) is 8.56. The summed E-state index contributed by atoms with van der Waals surface area (Å²) in [6.45, 7) is 3.78. The van der Waals surface area contributed by atoms with Crippen LogP contribution in [0.3, 0.4) is 0 Å². The molecule has 0 aliphatic carbocycles. The van der Waals surface area contributed by atoms with Gasteiger partial charge in [-0.2, -0.15) is 5.10 Å². The summed E-state index contributed by atoms with van der Waals surface area (Å²) in [5.41, 5.74) is 10.5. The largest absolute Gasteiger partial charge is 0.441 e. The standard InChI is InChI=1S/C13H14N4O/c1-7-12(13(14)17(3)16-7)9-4-5-10-11(6-9)18-8(2)15-10/h4-6H,14H2,1-3H3. The molecule has 18 heavy (non-hydrogen) atoms. The lowest BCUT2D eigenvalue weighted by atomic mass is 10.1. The summed E-state index contributed by atoms with van der Waals surface area (Å²) in [5, 5.41) is 4.32. The smallest absolute Gasteiger partial charge is 0.192 e. The van der Waals surface area contributed by atoms with Crippen LogP contribution in [-0.2, 0) is 7.05 Å². The van der Waals surface area contributed by atoms with Crippen molar-refractivity contribution in [1.29, 1.82) is 0 Å². The normalized spacial score (nSPS) is 11.3. The summed E-state index contributed by atoms with van der Waals surface area (Å²) in [4.78, 5) is 4.28. The maximum absolute atomic E-state index is 6.04. The van der Waals surface area contributed by atoms with E-state index in [1.165, 1.54) is 0 Å². The van der Waals surface area contributed by atoms with Gasteiger partial charge in [0.2, 0.25) is 0 Å². The lowest BCUT2D eigenvalue weighted by Gasteiger charge is -2.01. The zero-order chi connectivity index (χ0) is 12.9. The topological polar surface area (TPSA) is 69.9 Å². The fraction of sp³-hybridized carbons (Fsp3) is 0.231. The lowest BCUT2D eigenvalue weighted by Crippen LogP contribution is -1.97. The van der Waals surface area contributed by atoms with Crippen molar-refractivity contribution in [1.82, 2.24) is 14.8 Å². The Hall–Kier alpha value is -2.30. The Kier molecular flexibility index (Phi) is 2.16. The molecule has 0 atom stereocenters. The molecule has 1 aromatic carbocycles. The zero-order valence-electron chi connectivity index (χ0n) is 10.6. The number of nitrogens with two attached hydrogens (primary N) is 1. The second kappa shape index (κ2) is 3.60. The minimum Gasteiger partial charge on any atom is -0.441 e. The fourth-order valence-corrected chi connectivity index (χ4v) is 2.23. The van der Waals surface area contributed by atoms with E-state index in [2.05, 4.69) is 10.1 Å². The van der Waals surface area contributed by atoms with E-state index >= 15 is 0 Å². The minimum atomic E-state index is 0.656. The van der Waals surface area contributed by atoms with Gasteiger partial charge in [-0.25, -0.2) is 4.98 Å². The second-order valence-electron chi connectivity index (χ2n) is 4.38. The molecule has 3 aromatic rings. The number of aromatic nitrogens is 3. The van der Waals surface area contributed by atoms with Crippen LogP contribution in [0.4, 0.5) is 5.82 Å².